The molecule has 1 amide bonds. The number of hydrogen-bond acceptors (Lipinski definition) is 5. The maximum atomic E-state index is 12.5. The minimum atomic E-state index is -0.313. The van der Waals surface area contributed by atoms with Gasteiger partial charge in [0, 0.05) is 32.3 Å². The zero-order chi connectivity index (χ0) is 17.8. The van der Waals surface area contributed by atoms with Crippen molar-refractivity contribution >= 4 is 23.5 Å². The number of carbonyl (C=O) groups is 1. The summed E-state index contributed by atoms with van der Waals surface area (Å²) in [6.07, 6.45) is 6.84. The number of fused-ring (bicyclic) bond motifs is 1. The molecule has 0 aliphatic carbocycles. The van der Waals surface area contributed by atoms with Crippen LogP contribution in [0.1, 0.15) is 48.7 Å². The number of nitrogens with zero attached hydrogens (tertiary/aromatic N) is 5. The number of amides is 1. The predicted octanol–water partition coefficient (Wildman–Crippen LogP) is 2.44. The maximum absolute atomic E-state index is 12.5. The molecule has 0 saturated heterocycles. The van der Waals surface area contributed by atoms with Gasteiger partial charge in [-0.05, 0) is 26.7 Å². The van der Waals surface area contributed by atoms with Crippen molar-refractivity contribution in [1.29, 1.82) is 0 Å². The molecule has 8 heteroatoms. The fourth-order valence-electron chi connectivity index (χ4n) is 2.99. The van der Waals surface area contributed by atoms with Crippen LogP contribution in [0.2, 0.25) is 5.02 Å². The van der Waals surface area contributed by atoms with Crippen LogP contribution in [0, 0.1) is 0 Å². The highest BCUT2D eigenvalue weighted by Gasteiger charge is 2.17. The van der Waals surface area contributed by atoms with Crippen LogP contribution in [0.25, 0.3) is 0 Å². The first kappa shape index (κ1) is 17.7. The zero-order valence-corrected chi connectivity index (χ0v) is 15.4. The third-order valence-corrected chi connectivity index (χ3v) is 4.66. The van der Waals surface area contributed by atoms with Gasteiger partial charge in [0.05, 0.1) is 23.5 Å². The van der Waals surface area contributed by atoms with Crippen molar-refractivity contribution < 1.29 is 4.79 Å². The Hall–Kier alpha value is -2.15. The van der Waals surface area contributed by atoms with E-state index in [0.717, 1.165) is 37.6 Å². The van der Waals surface area contributed by atoms with Crippen molar-refractivity contribution in [2.45, 2.75) is 46.2 Å². The number of aryl methyl sites for hydroxylation is 2. The summed E-state index contributed by atoms with van der Waals surface area (Å²) in [6, 6.07) is 0. The molecule has 0 radical (unpaired) electrons. The monoisotopic (exact) mass is 362 g/mol. The Morgan fingerprint density at radius 1 is 1.32 bits per heavy atom. The molecule has 0 atom stereocenters. The van der Waals surface area contributed by atoms with Gasteiger partial charge in [0.25, 0.3) is 5.91 Å². The van der Waals surface area contributed by atoms with E-state index in [1.54, 1.807) is 0 Å². The average molecular weight is 363 g/mol. The highest BCUT2D eigenvalue weighted by molar-refractivity contribution is 6.33. The van der Waals surface area contributed by atoms with Crippen LogP contribution in [0.15, 0.2) is 12.4 Å². The number of carbonyl (C=O) groups excluding carboxylic acids is 1. The van der Waals surface area contributed by atoms with E-state index >= 15 is 0 Å². The molecular weight excluding hydrogens is 340 g/mol. The summed E-state index contributed by atoms with van der Waals surface area (Å²) >= 11 is 6.12. The Morgan fingerprint density at radius 3 is 2.84 bits per heavy atom. The first-order valence-corrected chi connectivity index (χ1v) is 9.10. The molecule has 0 bridgehead atoms. The molecular formula is C17H23ClN6O. The van der Waals surface area contributed by atoms with Crippen LogP contribution in [-0.4, -0.2) is 38.5 Å². The molecule has 2 aromatic rings. The Labute approximate surface area is 152 Å². The minimum Gasteiger partial charge on any atom is -0.345 e. The van der Waals surface area contributed by atoms with Gasteiger partial charge >= 0.3 is 0 Å². The van der Waals surface area contributed by atoms with Crippen molar-refractivity contribution in [3.05, 3.63) is 34.6 Å². The number of nitrogens with one attached hydrogen (secondary N) is 1. The minimum absolute atomic E-state index is 0.197. The number of imidazole rings is 1. The second-order valence-electron chi connectivity index (χ2n) is 6.02. The summed E-state index contributed by atoms with van der Waals surface area (Å²) in [7, 11) is 0. The second-order valence-corrected chi connectivity index (χ2v) is 6.43. The Balaban J connectivity index is 1.70. The number of hydrogen-bond donors (Lipinski definition) is 1. The van der Waals surface area contributed by atoms with E-state index in [4.69, 9.17) is 11.6 Å². The second kappa shape index (κ2) is 7.82. The quantitative estimate of drug-likeness (QED) is 0.854. The van der Waals surface area contributed by atoms with Crippen LogP contribution in [0.5, 0.6) is 0 Å². The SMILES string of the molecule is CCN(CC)c1ncc(Cl)c(C(=O)NCc2cn3c(n2)CCCC3)n1. The van der Waals surface area contributed by atoms with Gasteiger partial charge in [-0.1, -0.05) is 11.6 Å². The molecule has 2 aromatic heterocycles. The topological polar surface area (TPSA) is 75.9 Å². The summed E-state index contributed by atoms with van der Waals surface area (Å²) in [5.74, 6) is 1.29. The Kier molecular flexibility index (Phi) is 5.53. The van der Waals surface area contributed by atoms with Gasteiger partial charge in [0.15, 0.2) is 5.69 Å². The smallest absolute Gasteiger partial charge is 0.271 e. The van der Waals surface area contributed by atoms with Gasteiger partial charge in [-0.25, -0.2) is 15.0 Å². The molecule has 3 heterocycles. The van der Waals surface area contributed by atoms with Crippen LogP contribution >= 0.6 is 11.6 Å². The molecule has 0 unspecified atom stereocenters. The Bertz CT molecular complexity index is 732. The molecule has 7 nitrogen and oxygen atoms in total. The van der Waals surface area contributed by atoms with Gasteiger partial charge in [-0.15, -0.1) is 0 Å². The summed E-state index contributed by atoms with van der Waals surface area (Å²) in [5.41, 5.74) is 1.06. The Morgan fingerprint density at radius 2 is 2.12 bits per heavy atom. The largest absolute Gasteiger partial charge is 0.345 e. The summed E-state index contributed by atoms with van der Waals surface area (Å²) in [4.78, 5) is 27.6. The number of rotatable bonds is 6. The van der Waals surface area contributed by atoms with Crippen molar-refractivity contribution in [3.8, 4) is 0 Å². The fraction of sp³-hybridized carbons (Fsp3) is 0.529. The van der Waals surface area contributed by atoms with Crippen LogP contribution in [-0.2, 0) is 19.5 Å². The maximum Gasteiger partial charge on any atom is 0.271 e. The fourth-order valence-corrected chi connectivity index (χ4v) is 3.16. The molecule has 0 aromatic carbocycles. The molecule has 1 N–H and O–H groups in total. The highest BCUT2D eigenvalue weighted by atomic mass is 35.5. The normalized spacial score (nSPS) is 13.4. The summed E-state index contributed by atoms with van der Waals surface area (Å²) in [6.45, 7) is 6.92. The predicted molar refractivity (Wildman–Crippen MR) is 96.9 cm³/mol. The van der Waals surface area contributed by atoms with Crippen molar-refractivity contribution in [3.63, 3.8) is 0 Å². The highest BCUT2D eigenvalue weighted by Crippen LogP contribution is 2.17. The molecule has 0 saturated carbocycles. The van der Waals surface area contributed by atoms with Crippen molar-refractivity contribution in [2.75, 3.05) is 18.0 Å². The van der Waals surface area contributed by atoms with Crippen LogP contribution in [0.4, 0.5) is 5.95 Å². The molecule has 0 spiro atoms. The van der Waals surface area contributed by atoms with Gasteiger partial charge < -0.3 is 14.8 Å². The van der Waals surface area contributed by atoms with Crippen LogP contribution in [0.3, 0.4) is 0 Å². The lowest BCUT2D eigenvalue weighted by Crippen LogP contribution is -2.28. The van der Waals surface area contributed by atoms with Gasteiger partial charge in [0.2, 0.25) is 5.95 Å². The lowest BCUT2D eigenvalue weighted by molar-refractivity contribution is 0.0945. The molecule has 3 rings (SSSR count). The number of aromatic nitrogens is 4. The lowest BCUT2D eigenvalue weighted by Gasteiger charge is -2.18. The third kappa shape index (κ3) is 3.92. The van der Waals surface area contributed by atoms with Gasteiger partial charge in [0.1, 0.15) is 5.82 Å². The average Bonchev–Trinajstić information content (AvgIpc) is 3.05. The molecule has 0 fully saturated rings. The summed E-state index contributed by atoms with van der Waals surface area (Å²) in [5, 5.41) is 3.11. The summed E-state index contributed by atoms with van der Waals surface area (Å²) < 4.78 is 2.17. The van der Waals surface area contributed by atoms with E-state index in [9.17, 15) is 4.79 Å². The van der Waals surface area contributed by atoms with E-state index in [-0.39, 0.29) is 16.6 Å². The third-order valence-electron chi connectivity index (χ3n) is 4.38. The van der Waals surface area contributed by atoms with Crippen LogP contribution < -0.4 is 10.2 Å². The first-order chi connectivity index (χ1) is 12.1. The standard InChI is InChI=1S/C17H23ClN6O/c1-3-23(4-2)17-20-10-13(18)15(22-17)16(25)19-9-12-11-24-8-6-5-7-14(24)21-12/h10-11H,3-9H2,1-2H3,(H,19,25). The van der Waals surface area contributed by atoms with E-state index in [0.29, 0.717) is 12.5 Å². The van der Waals surface area contributed by atoms with Crippen molar-refractivity contribution in [2.24, 2.45) is 0 Å². The lowest BCUT2D eigenvalue weighted by atomic mass is 10.2. The zero-order valence-electron chi connectivity index (χ0n) is 14.6. The van der Waals surface area contributed by atoms with E-state index in [1.165, 1.54) is 19.0 Å². The van der Waals surface area contributed by atoms with E-state index in [2.05, 4.69) is 24.8 Å². The molecule has 1 aliphatic heterocycles. The van der Waals surface area contributed by atoms with Gasteiger partial charge in [-0.2, -0.15) is 0 Å². The molecule has 134 valence electrons. The van der Waals surface area contributed by atoms with E-state index in [1.807, 2.05) is 24.9 Å². The first-order valence-electron chi connectivity index (χ1n) is 8.73. The molecule has 25 heavy (non-hydrogen) atoms. The van der Waals surface area contributed by atoms with Crippen molar-refractivity contribution in [1.82, 2.24) is 24.8 Å². The molecule has 1 aliphatic rings. The number of anilines is 1. The van der Waals surface area contributed by atoms with Gasteiger partial charge in [-0.3, -0.25) is 4.79 Å². The number of halogens is 1. The van der Waals surface area contributed by atoms with E-state index < -0.39 is 0 Å².